The van der Waals surface area contributed by atoms with Gasteiger partial charge in [0.05, 0.1) is 16.8 Å². The van der Waals surface area contributed by atoms with E-state index in [1.807, 2.05) is 36.5 Å². The van der Waals surface area contributed by atoms with Crippen molar-refractivity contribution in [2.75, 3.05) is 11.9 Å². The number of fused-ring (bicyclic) bond motifs is 1. The molecular formula is C26H27FN4O2. The highest BCUT2D eigenvalue weighted by atomic mass is 19.1. The molecule has 1 aliphatic heterocycles. The summed E-state index contributed by atoms with van der Waals surface area (Å²) in [6.07, 6.45) is 5.48. The third-order valence-electron chi connectivity index (χ3n) is 6.96. The first-order chi connectivity index (χ1) is 16.0. The third kappa shape index (κ3) is 3.81. The van der Waals surface area contributed by atoms with Crippen LogP contribution in [0, 0.1) is 5.82 Å². The SMILES string of the molecule is Cn1cc2c(n1)C(C(=O)Nc1ccccc1F)CN(C(=O)C1(c3ccccc3)CCCC1)C2. The molecule has 2 heterocycles. The molecule has 3 aromatic rings. The van der Waals surface area contributed by atoms with Crippen LogP contribution in [0.3, 0.4) is 0 Å². The van der Waals surface area contributed by atoms with Gasteiger partial charge in [0.25, 0.3) is 0 Å². The Morgan fingerprint density at radius 2 is 1.76 bits per heavy atom. The van der Waals surface area contributed by atoms with Gasteiger partial charge in [-0.1, -0.05) is 55.3 Å². The standard InChI is InChI=1S/C26H27FN4O2/c1-30-15-18-16-31(25(33)26(13-7-8-14-26)19-9-3-2-4-10-19)17-20(23(18)29-30)24(32)28-22-12-6-5-11-21(22)27/h2-6,9-12,15,20H,7-8,13-14,16-17H2,1H3,(H,28,32). The van der Waals surface area contributed by atoms with E-state index in [1.54, 1.807) is 28.8 Å². The molecule has 2 amide bonds. The van der Waals surface area contributed by atoms with Crippen LogP contribution in [-0.4, -0.2) is 33.0 Å². The first-order valence-electron chi connectivity index (χ1n) is 11.4. The maximum absolute atomic E-state index is 14.2. The van der Waals surface area contributed by atoms with Crippen molar-refractivity contribution in [3.63, 3.8) is 0 Å². The van der Waals surface area contributed by atoms with E-state index in [4.69, 9.17) is 0 Å². The number of benzene rings is 2. The van der Waals surface area contributed by atoms with Crippen molar-refractivity contribution in [1.29, 1.82) is 0 Å². The van der Waals surface area contributed by atoms with Gasteiger partial charge in [-0.3, -0.25) is 14.3 Å². The summed E-state index contributed by atoms with van der Waals surface area (Å²) in [4.78, 5) is 29.1. The highest BCUT2D eigenvalue weighted by Crippen LogP contribution is 2.44. The van der Waals surface area contributed by atoms with Crippen molar-refractivity contribution in [2.24, 2.45) is 7.05 Å². The second kappa shape index (κ2) is 8.46. The normalized spacial score (nSPS) is 19.2. The van der Waals surface area contributed by atoms with Crippen LogP contribution >= 0.6 is 0 Å². The number of para-hydroxylation sites is 1. The van der Waals surface area contributed by atoms with E-state index < -0.39 is 17.2 Å². The maximum atomic E-state index is 14.2. The van der Waals surface area contributed by atoms with Gasteiger partial charge in [-0.25, -0.2) is 4.39 Å². The van der Waals surface area contributed by atoms with E-state index in [-0.39, 0.29) is 24.0 Å². The number of aromatic nitrogens is 2. The lowest BCUT2D eigenvalue weighted by Gasteiger charge is -2.38. The molecule has 1 aromatic heterocycles. The number of carbonyl (C=O) groups is 2. The van der Waals surface area contributed by atoms with E-state index in [0.29, 0.717) is 12.2 Å². The zero-order valence-corrected chi connectivity index (χ0v) is 18.6. The molecule has 7 heteroatoms. The van der Waals surface area contributed by atoms with Gasteiger partial charge < -0.3 is 10.2 Å². The Morgan fingerprint density at radius 1 is 1.06 bits per heavy atom. The molecule has 0 bridgehead atoms. The van der Waals surface area contributed by atoms with Gasteiger partial charge in [0.1, 0.15) is 11.7 Å². The molecule has 33 heavy (non-hydrogen) atoms. The quantitative estimate of drug-likeness (QED) is 0.655. The Labute approximate surface area is 192 Å². The number of amides is 2. The molecular weight excluding hydrogens is 419 g/mol. The number of rotatable bonds is 4. The van der Waals surface area contributed by atoms with Crippen LogP contribution in [0.25, 0.3) is 0 Å². The van der Waals surface area contributed by atoms with Crippen LogP contribution in [-0.2, 0) is 28.6 Å². The highest BCUT2D eigenvalue weighted by molar-refractivity contribution is 5.97. The van der Waals surface area contributed by atoms with Crippen LogP contribution in [0.5, 0.6) is 0 Å². The summed E-state index contributed by atoms with van der Waals surface area (Å²) in [5.74, 6) is -1.47. The minimum absolute atomic E-state index is 0.0596. The number of carbonyl (C=O) groups excluding carboxylic acids is 2. The first-order valence-corrected chi connectivity index (χ1v) is 11.4. The van der Waals surface area contributed by atoms with Gasteiger partial charge in [0, 0.05) is 31.9 Å². The highest BCUT2D eigenvalue weighted by Gasteiger charge is 2.47. The van der Waals surface area contributed by atoms with E-state index in [0.717, 1.165) is 36.8 Å². The molecule has 0 radical (unpaired) electrons. The summed E-state index contributed by atoms with van der Waals surface area (Å²) in [5, 5.41) is 7.21. The van der Waals surface area contributed by atoms with Crippen molar-refractivity contribution in [1.82, 2.24) is 14.7 Å². The van der Waals surface area contributed by atoms with Gasteiger partial charge in [-0.15, -0.1) is 0 Å². The van der Waals surface area contributed by atoms with Crippen LogP contribution in [0.1, 0.15) is 48.4 Å². The van der Waals surface area contributed by atoms with Crippen LogP contribution < -0.4 is 5.32 Å². The molecule has 0 spiro atoms. The zero-order chi connectivity index (χ0) is 23.0. The first kappa shape index (κ1) is 21.4. The molecule has 0 saturated heterocycles. The Bertz CT molecular complexity index is 1180. The van der Waals surface area contributed by atoms with Crippen molar-refractivity contribution in [3.8, 4) is 0 Å². The summed E-state index contributed by atoms with van der Waals surface area (Å²) in [6.45, 7) is 0.637. The maximum Gasteiger partial charge on any atom is 0.235 e. The van der Waals surface area contributed by atoms with E-state index in [9.17, 15) is 14.0 Å². The van der Waals surface area contributed by atoms with E-state index >= 15 is 0 Å². The number of anilines is 1. The summed E-state index contributed by atoms with van der Waals surface area (Å²) < 4.78 is 15.8. The number of aryl methyl sites for hydroxylation is 1. The summed E-state index contributed by atoms with van der Waals surface area (Å²) in [6, 6.07) is 16.1. The minimum atomic E-state index is -0.673. The molecule has 6 nitrogen and oxygen atoms in total. The van der Waals surface area contributed by atoms with Crippen molar-refractivity contribution in [3.05, 3.63) is 83.4 Å². The smallest absolute Gasteiger partial charge is 0.235 e. The number of nitrogens with zero attached hydrogens (tertiary/aromatic N) is 3. The average Bonchev–Trinajstić information content (AvgIpc) is 3.47. The topological polar surface area (TPSA) is 67.2 Å². The molecule has 1 atom stereocenters. The second-order valence-corrected chi connectivity index (χ2v) is 9.08. The Hall–Kier alpha value is -3.48. The van der Waals surface area contributed by atoms with Crippen molar-refractivity contribution >= 4 is 17.5 Å². The third-order valence-corrected chi connectivity index (χ3v) is 6.96. The van der Waals surface area contributed by atoms with Crippen LogP contribution in [0.2, 0.25) is 0 Å². The number of hydrogen-bond donors (Lipinski definition) is 1. The predicted molar refractivity (Wildman–Crippen MR) is 123 cm³/mol. The molecule has 2 aliphatic rings. The Morgan fingerprint density at radius 3 is 2.48 bits per heavy atom. The fourth-order valence-corrected chi connectivity index (χ4v) is 5.36. The average molecular weight is 447 g/mol. The summed E-state index contributed by atoms with van der Waals surface area (Å²) >= 11 is 0. The molecule has 2 aromatic carbocycles. The number of hydrogen-bond acceptors (Lipinski definition) is 3. The molecule has 1 N–H and O–H groups in total. The minimum Gasteiger partial charge on any atom is -0.336 e. The van der Waals surface area contributed by atoms with Gasteiger partial charge >= 0.3 is 0 Å². The lowest BCUT2D eigenvalue weighted by atomic mass is 9.77. The number of halogens is 1. The molecule has 5 rings (SSSR count). The number of nitrogens with one attached hydrogen (secondary N) is 1. The zero-order valence-electron chi connectivity index (χ0n) is 18.6. The molecule has 170 valence electrons. The summed E-state index contributed by atoms with van der Waals surface area (Å²) in [5.41, 5.74) is 2.10. The van der Waals surface area contributed by atoms with Gasteiger partial charge in [0.15, 0.2) is 0 Å². The van der Waals surface area contributed by atoms with Gasteiger partial charge in [-0.05, 0) is 30.5 Å². The molecule has 1 aliphatic carbocycles. The fraction of sp³-hybridized carbons (Fsp3) is 0.346. The van der Waals surface area contributed by atoms with E-state index in [1.165, 1.54) is 12.1 Å². The van der Waals surface area contributed by atoms with Crippen molar-refractivity contribution < 1.29 is 14.0 Å². The lowest BCUT2D eigenvalue weighted by molar-refractivity contribution is -0.139. The van der Waals surface area contributed by atoms with Gasteiger partial charge in [0.2, 0.25) is 11.8 Å². The molecule has 1 unspecified atom stereocenters. The molecule has 1 fully saturated rings. The van der Waals surface area contributed by atoms with Crippen LogP contribution in [0.4, 0.5) is 10.1 Å². The summed E-state index contributed by atoms with van der Waals surface area (Å²) in [7, 11) is 1.80. The second-order valence-electron chi connectivity index (χ2n) is 9.08. The molecule has 1 saturated carbocycles. The van der Waals surface area contributed by atoms with Crippen molar-refractivity contribution in [2.45, 2.75) is 43.6 Å². The Balaban J connectivity index is 1.47. The fourth-order valence-electron chi connectivity index (χ4n) is 5.36. The van der Waals surface area contributed by atoms with E-state index in [2.05, 4.69) is 10.4 Å². The lowest BCUT2D eigenvalue weighted by Crippen LogP contribution is -2.49. The van der Waals surface area contributed by atoms with Crippen LogP contribution in [0.15, 0.2) is 60.8 Å². The largest absolute Gasteiger partial charge is 0.336 e. The predicted octanol–water partition coefficient (Wildman–Crippen LogP) is 4.14. The Kier molecular flexibility index (Phi) is 5.48. The monoisotopic (exact) mass is 446 g/mol. The van der Waals surface area contributed by atoms with Gasteiger partial charge in [-0.2, -0.15) is 5.10 Å².